The van der Waals surface area contributed by atoms with Crippen LogP contribution in [0, 0.1) is 17.3 Å². The molecular weight excluding hydrogens is 136 g/mol. The Hall–Kier alpha value is -0.300. The molecule has 0 aromatic rings. The number of hydrogen-bond donors (Lipinski definition) is 1. The van der Waals surface area contributed by atoms with Crippen LogP contribution in [0.2, 0.25) is 0 Å². The molecule has 1 fully saturated rings. The molecular formula is C10H16O. The highest BCUT2D eigenvalue weighted by Crippen LogP contribution is 2.54. The molecule has 0 heterocycles. The van der Waals surface area contributed by atoms with Crippen molar-refractivity contribution in [3.05, 3.63) is 11.6 Å². The van der Waals surface area contributed by atoms with E-state index in [1.54, 1.807) is 0 Å². The Morgan fingerprint density at radius 1 is 1.55 bits per heavy atom. The van der Waals surface area contributed by atoms with Gasteiger partial charge in [-0.2, -0.15) is 0 Å². The van der Waals surface area contributed by atoms with Crippen LogP contribution in [0.25, 0.3) is 0 Å². The second kappa shape index (κ2) is 1.89. The second-order valence-corrected chi connectivity index (χ2v) is 4.74. The summed E-state index contributed by atoms with van der Waals surface area (Å²) in [6.07, 6.45) is 3.33. The summed E-state index contributed by atoms with van der Waals surface area (Å²) in [5, 5.41) is 9.78. The molecule has 0 radical (unpaired) electrons. The topological polar surface area (TPSA) is 20.2 Å². The monoisotopic (exact) mass is 152 g/mol. The molecule has 0 aromatic heterocycles. The van der Waals surface area contributed by atoms with Crippen LogP contribution in [0.1, 0.15) is 27.2 Å². The van der Waals surface area contributed by atoms with Crippen molar-refractivity contribution in [2.75, 3.05) is 0 Å². The summed E-state index contributed by atoms with van der Waals surface area (Å²) < 4.78 is 0. The van der Waals surface area contributed by atoms with Gasteiger partial charge in [0.15, 0.2) is 0 Å². The predicted molar refractivity (Wildman–Crippen MR) is 45.1 cm³/mol. The molecule has 0 spiro atoms. The van der Waals surface area contributed by atoms with Crippen LogP contribution in [0.4, 0.5) is 0 Å². The third-order valence-corrected chi connectivity index (χ3v) is 3.35. The van der Waals surface area contributed by atoms with E-state index in [1.807, 2.05) is 0 Å². The van der Waals surface area contributed by atoms with Crippen LogP contribution in [0.3, 0.4) is 0 Å². The van der Waals surface area contributed by atoms with Crippen molar-refractivity contribution >= 4 is 0 Å². The van der Waals surface area contributed by atoms with Crippen molar-refractivity contribution in [2.24, 2.45) is 17.3 Å². The lowest BCUT2D eigenvalue weighted by Crippen LogP contribution is -2.24. The van der Waals surface area contributed by atoms with Gasteiger partial charge in [0.05, 0.1) is 6.10 Å². The van der Waals surface area contributed by atoms with Crippen LogP contribution in [0.5, 0.6) is 0 Å². The minimum absolute atomic E-state index is 0.0787. The Balaban J connectivity index is 2.37. The van der Waals surface area contributed by atoms with E-state index in [4.69, 9.17) is 0 Å². The summed E-state index contributed by atoms with van der Waals surface area (Å²) in [5.41, 5.74) is 1.74. The van der Waals surface area contributed by atoms with Gasteiger partial charge in [-0.05, 0) is 18.8 Å². The molecule has 3 unspecified atom stereocenters. The molecule has 62 valence electrons. The van der Waals surface area contributed by atoms with Crippen molar-refractivity contribution in [1.82, 2.24) is 0 Å². The number of aliphatic hydroxyl groups is 1. The standard InChI is InChI=1S/C10H16O/c1-6-4-7-5-10(2,3)8(6)9(7)11/h4,7-9,11H,5H2,1-3H3. The van der Waals surface area contributed by atoms with E-state index in [1.165, 1.54) is 5.57 Å². The molecule has 1 heteroatoms. The average Bonchev–Trinajstić information content (AvgIpc) is 2.16. The van der Waals surface area contributed by atoms with Crippen molar-refractivity contribution in [3.63, 3.8) is 0 Å². The van der Waals surface area contributed by atoms with Gasteiger partial charge in [-0.3, -0.25) is 0 Å². The maximum absolute atomic E-state index is 9.78. The first-order valence-electron chi connectivity index (χ1n) is 4.39. The normalized spacial score (nSPS) is 46.2. The Bertz CT molecular complexity index is 215. The summed E-state index contributed by atoms with van der Waals surface area (Å²) in [7, 11) is 0. The molecule has 2 rings (SSSR count). The average molecular weight is 152 g/mol. The first-order chi connectivity index (χ1) is 5.02. The van der Waals surface area contributed by atoms with E-state index in [0.717, 1.165) is 6.42 Å². The number of hydrogen-bond acceptors (Lipinski definition) is 1. The third kappa shape index (κ3) is 0.807. The molecule has 0 aromatic carbocycles. The van der Waals surface area contributed by atoms with Crippen LogP contribution >= 0.6 is 0 Å². The van der Waals surface area contributed by atoms with E-state index >= 15 is 0 Å². The third-order valence-electron chi connectivity index (χ3n) is 3.35. The van der Waals surface area contributed by atoms with Crippen LogP contribution in [0.15, 0.2) is 11.6 Å². The van der Waals surface area contributed by atoms with Crippen molar-refractivity contribution < 1.29 is 5.11 Å². The highest BCUT2D eigenvalue weighted by atomic mass is 16.3. The van der Waals surface area contributed by atoms with E-state index < -0.39 is 0 Å². The second-order valence-electron chi connectivity index (χ2n) is 4.74. The molecule has 2 aliphatic carbocycles. The van der Waals surface area contributed by atoms with Crippen LogP contribution < -0.4 is 0 Å². The van der Waals surface area contributed by atoms with E-state index in [-0.39, 0.29) is 6.10 Å². The first kappa shape index (κ1) is 7.35. The van der Waals surface area contributed by atoms with Gasteiger partial charge >= 0.3 is 0 Å². The van der Waals surface area contributed by atoms with Gasteiger partial charge in [0, 0.05) is 11.8 Å². The molecule has 0 saturated heterocycles. The van der Waals surface area contributed by atoms with Gasteiger partial charge in [-0.15, -0.1) is 0 Å². The highest BCUT2D eigenvalue weighted by Gasteiger charge is 2.51. The summed E-state index contributed by atoms with van der Waals surface area (Å²) in [6, 6.07) is 0. The maximum Gasteiger partial charge on any atom is 0.0673 e. The van der Waals surface area contributed by atoms with Crippen LogP contribution in [-0.2, 0) is 0 Å². The fourth-order valence-electron chi connectivity index (χ4n) is 3.05. The Morgan fingerprint density at radius 2 is 2.18 bits per heavy atom. The molecule has 0 aliphatic heterocycles. The Labute approximate surface area is 68.1 Å². The molecule has 1 N–H and O–H groups in total. The van der Waals surface area contributed by atoms with E-state index in [2.05, 4.69) is 26.8 Å². The lowest BCUT2D eigenvalue weighted by atomic mass is 9.76. The number of rotatable bonds is 0. The molecule has 11 heavy (non-hydrogen) atoms. The largest absolute Gasteiger partial charge is 0.392 e. The quantitative estimate of drug-likeness (QED) is 0.526. The van der Waals surface area contributed by atoms with Gasteiger partial charge in [0.2, 0.25) is 0 Å². The van der Waals surface area contributed by atoms with Gasteiger partial charge in [0.25, 0.3) is 0 Å². The maximum atomic E-state index is 9.78. The highest BCUT2D eigenvalue weighted by molar-refractivity contribution is 5.25. The van der Waals surface area contributed by atoms with Gasteiger partial charge in [0.1, 0.15) is 0 Å². The Kier molecular flexibility index (Phi) is 1.26. The zero-order valence-electron chi connectivity index (χ0n) is 7.46. The molecule has 3 atom stereocenters. The molecule has 1 nitrogen and oxygen atoms in total. The van der Waals surface area contributed by atoms with Gasteiger partial charge in [-0.1, -0.05) is 25.5 Å². The number of fused-ring (bicyclic) bond motifs is 2. The summed E-state index contributed by atoms with van der Waals surface area (Å²) in [6.45, 7) is 6.67. The van der Waals surface area contributed by atoms with E-state index in [0.29, 0.717) is 17.3 Å². The summed E-state index contributed by atoms with van der Waals surface area (Å²) in [5.74, 6) is 0.891. The predicted octanol–water partition coefficient (Wildman–Crippen LogP) is 1.97. The van der Waals surface area contributed by atoms with Crippen LogP contribution in [-0.4, -0.2) is 11.2 Å². The van der Waals surface area contributed by atoms with Gasteiger partial charge in [-0.25, -0.2) is 0 Å². The fraction of sp³-hybridized carbons (Fsp3) is 0.800. The first-order valence-corrected chi connectivity index (χ1v) is 4.39. The molecule has 1 saturated carbocycles. The van der Waals surface area contributed by atoms with Gasteiger partial charge < -0.3 is 5.11 Å². The summed E-state index contributed by atoms with van der Waals surface area (Å²) >= 11 is 0. The van der Waals surface area contributed by atoms with Crippen molar-refractivity contribution in [2.45, 2.75) is 33.3 Å². The number of aliphatic hydroxyl groups excluding tert-OH is 1. The zero-order chi connectivity index (χ0) is 8.22. The minimum Gasteiger partial charge on any atom is -0.392 e. The van der Waals surface area contributed by atoms with E-state index in [9.17, 15) is 5.11 Å². The lowest BCUT2D eigenvalue weighted by molar-refractivity contribution is 0.112. The molecule has 0 amide bonds. The lowest BCUT2D eigenvalue weighted by Gasteiger charge is -2.29. The summed E-state index contributed by atoms with van der Waals surface area (Å²) in [4.78, 5) is 0. The minimum atomic E-state index is -0.0787. The molecule has 2 bridgehead atoms. The van der Waals surface area contributed by atoms with Crippen molar-refractivity contribution in [1.29, 1.82) is 0 Å². The van der Waals surface area contributed by atoms with Crippen molar-refractivity contribution in [3.8, 4) is 0 Å². The zero-order valence-corrected chi connectivity index (χ0v) is 7.46. The Morgan fingerprint density at radius 3 is 2.45 bits per heavy atom. The SMILES string of the molecule is CC1=CC2CC(C)(C)C1C2O. The molecule has 2 aliphatic rings. The fourth-order valence-corrected chi connectivity index (χ4v) is 3.05. The smallest absolute Gasteiger partial charge is 0.0673 e.